The van der Waals surface area contributed by atoms with E-state index in [0.29, 0.717) is 12.1 Å². The quantitative estimate of drug-likeness (QED) is 0.666. The Hall–Kier alpha value is -3.08. The molecule has 0 radical (unpaired) electrons. The van der Waals surface area contributed by atoms with Gasteiger partial charge in [-0.05, 0) is 54.5 Å². The van der Waals surface area contributed by atoms with Crippen molar-refractivity contribution < 1.29 is 4.79 Å². The van der Waals surface area contributed by atoms with Gasteiger partial charge in [0.2, 0.25) is 0 Å². The first-order valence-electron chi connectivity index (χ1n) is 9.93. The van der Waals surface area contributed by atoms with Gasteiger partial charge in [-0.2, -0.15) is 5.10 Å². The summed E-state index contributed by atoms with van der Waals surface area (Å²) in [6.45, 7) is 2.73. The molecule has 1 atom stereocenters. The third kappa shape index (κ3) is 3.65. The van der Waals surface area contributed by atoms with Crippen molar-refractivity contribution in [3.8, 4) is 0 Å². The highest BCUT2D eigenvalue weighted by atomic mass is 16.1. The van der Waals surface area contributed by atoms with E-state index >= 15 is 0 Å². The van der Waals surface area contributed by atoms with Crippen molar-refractivity contribution >= 4 is 11.6 Å². The number of amides is 1. The molecule has 1 aliphatic carbocycles. The zero-order chi connectivity index (χ0) is 19.5. The Balaban J connectivity index is 1.55. The molecule has 1 aromatic heterocycles. The molecule has 1 heterocycles. The number of nitrogens with one attached hydrogen (secondary N) is 1. The Morgan fingerprint density at radius 3 is 2.86 bits per heavy atom. The maximum atomic E-state index is 13.0. The molecule has 0 saturated carbocycles. The number of nitrogens with two attached hydrogens (primary N) is 1. The molecule has 3 aromatic rings. The molecular weight excluding hydrogens is 348 g/mol. The summed E-state index contributed by atoms with van der Waals surface area (Å²) < 4.78 is 1.93. The SMILES string of the molecule is CCc1c(C(=O)NC2CCCc3cc(N)ccc32)cnn1Cc1ccccc1. The average molecular weight is 374 g/mol. The van der Waals surface area contributed by atoms with Crippen LogP contribution < -0.4 is 11.1 Å². The Morgan fingerprint density at radius 2 is 2.07 bits per heavy atom. The predicted octanol–water partition coefficient (Wildman–Crippen LogP) is 3.88. The topological polar surface area (TPSA) is 72.9 Å². The summed E-state index contributed by atoms with van der Waals surface area (Å²) in [6.07, 6.45) is 5.47. The van der Waals surface area contributed by atoms with Crippen LogP contribution in [-0.4, -0.2) is 15.7 Å². The highest BCUT2D eigenvalue weighted by Crippen LogP contribution is 2.31. The van der Waals surface area contributed by atoms with Gasteiger partial charge in [0.15, 0.2) is 0 Å². The van der Waals surface area contributed by atoms with Crippen molar-refractivity contribution in [3.63, 3.8) is 0 Å². The van der Waals surface area contributed by atoms with Gasteiger partial charge < -0.3 is 11.1 Å². The van der Waals surface area contributed by atoms with Crippen molar-refractivity contribution in [1.29, 1.82) is 0 Å². The molecule has 0 spiro atoms. The lowest BCUT2D eigenvalue weighted by Gasteiger charge is -2.26. The van der Waals surface area contributed by atoms with E-state index in [0.717, 1.165) is 37.1 Å². The minimum Gasteiger partial charge on any atom is -0.399 e. The normalized spacial score (nSPS) is 15.8. The molecule has 3 N–H and O–H groups in total. The number of carbonyl (C=O) groups is 1. The van der Waals surface area contributed by atoms with Gasteiger partial charge in [-0.3, -0.25) is 9.48 Å². The van der Waals surface area contributed by atoms with Gasteiger partial charge in [-0.25, -0.2) is 0 Å². The zero-order valence-electron chi connectivity index (χ0n) is 16.2. The third-order valence-corrected chi connectivity index (χ3v) is 5.49. The summed E-state index contributed by atoms with van der Waals surface area (Å²) >= 11 is 0. The maximum Gasteiger partial charge on any atom is 0.255 e. The van der Waals surface area contributed by atoms with Crippen LogP contribution in [0.15, 0.2) is 54.7 Å². The summed E-state index contributed by atoms with van der Waals surface area (Å²) in [7, 11) is 0. The number of hydrogen-bond donors (Lipinski definition) is 2. The average Bonchev–Trinajstić information content (AvgIpc) is 3.11. The van der Waals surface area contributed by atoms with Gasteiger partial charge in [-0.1, -0.05) is 43.3 Å². The van der Waals surface area contributed by atoms with Crippen molar-refractivity contribution in [2.24, 2.45) is 0 Å². The van der Waals surface area contributed by atoms with Crippen LogP contribution in [0, 0.1) is 0 Å². The minimum absolute atomic E-state index is 0.0269. The third-order valence-electron chi connectivity index (χ3n) is 5.49. The Kier molecular flexibility index (Phi) is 5.15. The van der Waals surface area contributed by atoms with Crippen molar-refractivity contribution in [2.45, 2.75) is 45.2 Å². The van der Waals surface area contributed by atoms with E-state index in [1.165, 1.54) is 16.7 Å². The molecule has 28 heavy (non-hydrogen) atoms. The number of carbonyl (C=O) groups excluding carboxylic acids is 1. The second kappa shape index (κ2) is 7.89. The van der Waals surface area contributed by atoms with Crippen LogP contribution in [-0.2, 0) is 19.4 Å². The van der Waals surface area contributed by atoms with Crippen LogP contribution in [0.1, 0.15) is 58.5 Å². The summed E-state index contributed by atoms with van der Waals surface area (Å²) in [4.78, 5) is 13.0. The zero-order valence-corrected chi connectivity index (χ0v) is 16.2. The number of hydrogen-bond acceptors (Lipinski definition) is 3. The predicted molar refractivity (Wildman–Crippen MR) is 111 cm³/mol. The van der Waals surface area contributed by atoms with Gasteiger partial charge in [0.25, 0.3) is 5.91 Å². The molecule has 0 saturated heterocycles. The van der Waals surface area contributed by atoms with E-state index < -0.39 is 0 Å². The lowest BCUT2D eigenvalue weighted by molar-refractivity contribution is 0.0931. The lowest BCUT2D eigenvalue weighted by Crippen LogP contribution is -2.31. The molecular formula is C23H26N4O. The molecule has 1 aliphatic rings. The van der Waals surface area contributed by atoms with Crippen LogP contribution in [0.2, 0.25) is 0 Å². The second-order valence-corrected chi connectivity index (χ2v) is 7.38. The van der Waals surface area contributed by atoms with Gasteiger partial charge in [0.1, 0.15) is 0 Å². The number of anilines is 1. The number of nitrogens with zero attached hydrogens (tertiary/aromatic N) is 2. The van der Waals surface area contributed by atoms with E-state index in [2.05, 4.69) is 29.5 Å². The Labute approximate surface area is 165 Å². The number of benzene rings is 2. The molecule has 2 aromatic carbocycles. The Morgan fingerprint density at radius 1 is 1.25 bits per heavy atom. The van der Waals surface area contributed by atoms with E-state index in [1.807, 2.05) is 41.1 Å². The van der Waals surface area contributed by atoms with Crippen LogP contribution in [0.25, 0.3) is 0 Å². The number of fused-ring (bicyclic) bond motifs is 1. The molecule has 144 valence electrons. The summed E-state index contributed by atoms with van der Waals surface area (Å²) in [6, 6.07) is 16.2. The number of aromatic nitrogens is 2. The van der Waals surface area contributed by atoms with Crippen molar-refractivity contribution in [2.75, 3.05) is 5.73 Å². The smallest absolute Gasteiger partial charge is 0.255 e. The van der Waals surface area contributed by atoms with Crippen LogP contribution in [0.4, 0.5) is 5.69 Å². The summed E-state index contributed by atoms with van der Waals surface area (Å²) in [5, 5.41) is 7.72. The molecule has 1 amide bonds. The van der Waals surface area contributed by atoms with Crippen molar-refractivity contribution in [1.82, 2.24) is 15.1 Å². The van der Waals surface area contributed by atoms with Gasteiger partial charge in [-0.15, -0.1) is 0 Å². The number of aryl methyl sites for hydroxylation is 1. The van der Waals surface area contributed by atoms with E-state index in [4.69, 9.17) is 5.73 Å². The highest BCUT2D eigenvalue weighted by molar-refractivity contribution is 5.95. The van der Waals surface area contributed by atoms with Crippen molar-refractivity contribution in [3.05, 3.63) is 82.7 Å². The monoisotopic (exact) mass is 374 g/mol. The largest absolute Gasteiger partial charge is 0.399 e. The first kappa shape index (κ1) is 18.3. The van der Waals surface area contributed by atoms with E-state index in [9.17, 15) is 4.79 Å². The molecule has 0 fully saturated rings. The van der Waals surface area contributed by atoms with E-state index in [1.54, 1.807) is 6.20 Å². The first-order chi connectivity index (χ1) is 13.7. The molecule has 0 bridgehead atoms. The summed E-state index contributed by atoms with van der Waals surface area (Å²) in [5.41, 5.74) is 11.9. The molecule has 5 heteroatoms. The van der Waals surface area contributed by atoms with Gasteiger partial charge in [0.05, 0.1) is 30.0 Å². The molecule has 1 unspecified atom stereocenters. The second-order valence-electron chi connectivity index (χ2n) is 7.38. The van der Waals surface area contributed by atoms with Crippen LogP contribution in [0.3, 0.4) is 0 Å². The number of nitrogen functional groups attached to an aromatic ring is 1. The molecule has 0 aliphatic heterocycles. The van der Waals surface area contributed by atoms with Gasteiger partial charge in [0, 0.05) is 5.69 Å². The standard InChI is InChI=1S/C23H26N4O/c1-2-22-20(14-25-27(22)15-16-7-4-3-5-8-16)23(28)26-21-10-6-9-17-13-18(24)11-12-19(17)21/h3-5,7-8,11-14,21H,2,6,9-10,15,24H2,1H3,(H,26,28). The first-order valence-corrected chi connectivity index (χ1v) is 9.93. The maximum absolute atomic E-state index is 13.0. The summed E-state index contributed by atoms with van der Waals surface area (Å²) in [5.74, 6) is -0.0502. The molecule has 4 rings (SSSR count). The van der Waals surface area contributed by atoms with E-state index in [-0.39, 0.29) is 11.9 Å². The fourth-order valence-electron chi connectivity index (χ4n) is 4.09. The fraction of sp³-hybridized carbons (Fsp3) is 0.304. The fourth-order valence-corrected chi connectivity index (χ4v) is 4.09. The van der Waals surface area contributed by atoms with Gasteiger partial charge >= 0.3 is 0 Å². The highest BCUT2D eigenvalue weighted by Gasteiger charge is 2.24. The van der Waals surface area contributed by atoms with Crippen LogP contribution >= 0.6 is 0 Å². The number of rotatable bonds is 5. The molecule has 5 nitrogen and oxygen atoms in total. The van der Waals surface area contributed by atoms with Crippen LogP contribution in [0.5, 0.6) is 0 Å². The Bertz CT molecular complexity index is 978. The lowest BCUT2D eigenvalue weighted by atomic mass is 9.87. The minimum atomic E-state index is -0.0502.